The van der Waals surface area contributed by atoms with Crippen molar-refractivity contribution in [2.24, 2.45) is 0 Å². The van der Waals surface area contributed by atoms with E-state index in [1.54, 1.807) is 10.9 Å². The van der Waals surface area contributed by atoms with Crippen LogP contribution in [0.15, 0.2) is 36.7 Å². The van der Waals surface area contributed by atoms with Crippen LogP contribution in [-0.2, 0) is 13.0 Å². The highest BCUT2D eigenvalue weighted by Crippen LogP contribution is 2.24. The SMILES string of the molecule is CCc1ccc(C2CNCCN2C(=O)c2cnn(CC)c2)cc1.Cl. The first-order valence-corrected chi connectivity index (χ1v) is 8.36. The molecule has 6 heteroatoms. The third-order valence-corrected chi connectivity index (χ3v) is 4.48. The van der Waals surface area contributed by atoms with Crippen LogP contribution in [0.3, 0.4) is 0 Å². The highest BCUT2D eigenvalue weighted by atomic mass is 35.5. The first kappa shape index (κ1) is 18.5. The van der Waals surface area contributed by atoms with E-state index in [1.807, 2.05) is 18.0 Å². The van der Waals surface area contributed by atoms with Crippen molar-refractivity contribution < 1.29 is 4.79 Å². The van der Waals surface area contributed by atoms with Crippen LogP contribution in [0.2, 0.25) is 0 Å². The Morgan fingerprint density at radius 1 is 1.29 bits per heavy atom. The number of benzene rings is 1. The lowest BCUT2D eigenvalue weighted by atomic mass is 10.0. The van der Waals surface area contributed by atoms with Gasteiger partial charge in [0.25, 0.3) is 5.91 Å². The predicted octanol–water partition coefficient (Wildman–Crippen LogP) is 2.67. The molecule has 1 aromatic heterocycles. The second-order valence-electron chi connectivity index (χ2n) is 5.90. The van der Waals surface area contributed by atoms with Crippen LogP contribution in [0.4, 0.5) is 0 Å². The molecule has 3 rings (SSSR count). The van der Waals surface area contributed by atoms with E-state index in [-0.39, 0.29) is 24.4 Å². The van der Waals surface area contributed by atoms with Gasteiger partial charge in [-0.3, -0.25) is 9.48 Å². The van der Waals surface area contributed by atoms with E-state index < -0.39 is 0 Å². The van der Waals surface area contributed by atoms with E-state index in [1.165, 1.54) is 11.1 Å². The topological polar surface area (TPSA) is 50.2 Å². The lowest BCUT2D eigenvalue weighted by Gasteiger charge is -2.36. The van der Waals surface area contributed by atoms with Gasteiger partial charge in [-0.2, -0.15) is 5.10 Å². The van der Waals surface area contributed by atoms with Gasteiger partial charge in [0.2, 0.25) is 0 Å². The zero-order valence-electron chi connectivity index (χ0n) is 14.2. The number of amides is 1. The molecule has 1 fully saturated rings. The molecular weight excluding hydrogens is 324 g/mol. The molecule has 2 heterocycles. The summed E-state index contributed by atoms with van der Waals surface area (Å²) in [6.07, 6.45) is 4.54. The standard InChI is InChI=1S/C18H24N4O.ClH/c1-3-14-5-7-15(8-6-14)17-12-19-9-10-22(17)18(23)16-11-20-21(4-2)13-16;/h5-8,11,13,17,19H,3-4,9-10,12H2,1-2H3;1H. The molecule has 0 radical (unpaired) electrons. The normalized spacial score (nSPS) is 17.4. The number of carbonyl (C=O) groups is 1. The Morgan fingerprint density at radius 3 is 2.67 bits per heavy atom. The van der Waals surface area contributed by atoms with E-state index in [2.05, 4.69) is 41.6 Å². The monoisotopic (exact) mass is 348 g/mol. The largest absolute Gasteiger partial charge is 0.329 e. The Labute approximate surface area is 149 Å². The number of aryl methyl sites for hydroxylation is 2. The van der Waals surface area contributed by atoms with E-state index in [4.69, 9.17) is 0 Å². The van der Waals surface area contributed by atoms with Crippen LogP contribution in [0.25, 0.3) is 0 Å². The van der Waals surface area contributed by atoms with Crippen LogP contribution in [0.5, 0.6) is 0 Å². The molecule has 1 unspecified atom stereocenters. The number of nitrogens with one attached hydrogen (secondary N) is 1. The van der Waals surface area contributed by atoms with Gasteiger partial charge in [-0.1, -0.05) is 31.2 Å². The Hall–Kier alpha value is -1.85. The molecule has 1 saturated heterocycles. The number of aromatic nitrogens is 2. The summed E-state index contributed by atoms with van der Waals surface area (Å²) < 4.78 is 1.79. The maximum Gasteiger partial charge on any atom is 0.257 e. The lowest BCUT2D eigenvalue weighted by Crippen LogP contribution is -2.48. The number of halogens is 1. The average Bonchev–Trinajstić information content (AvgIpc) is 3.10. The molecule has 1 aliphatic heterocycles. The fourth-order valence-corrected chi connectivity index (χ4v) is 3.03. The van der Waals surface area contributed by atoms with Crippen LogP contribution in [0.1, 0.15) is 41.4 Å². The van der Waals surface area contributed by atoms with E-state index in [0.29, 0.717) is 5.56 Å². The van der Waals surface area contributed by atoms with Crippen LogP contribution >= 0.6 is 12.4 Å². The number of carbonyl (C=O) groups excluding carboxylic acids is 1. The number of hydrogen-bond acceptors (Lipinski definition) is 3. The van der Waals surface area contributed by atoms with E-state index in [0.717, 1.165) is 32.6 Å². The molecule has 1 aromatic carbocycles. The Balaban J connectivity index is 0.00000208. The molecule has 5 nitrogen and oxygen atoms in total. The number of nitrogens with zero attached hydrogens (tertiary/aromatic N) is 3. The number of piperazine rings is 1. The third-order valence-electron chi connectivity index (χ3n) is 4.48. The summed E-state index contributed by atoms with van der Waals surface area (Å²) in [5.74, 6) is 0.0655. The first-order valence-electron chi connectivity index (χ1n) is 8.36. The summed E-state index contributed by atoms with van der Waals surface area (Å²) in [5, 5.41) is 7.62. The van der Waals surface area contributed by atoms with Crippen molar-refractivity contribution in [3.8, 4) is 0 Å². The Morgan fingerprint density at radius 2 is 2.04 bits per heavy atom. The fraction of sp³-hybridized carbons (Fsp3) is 0.444. The molecule has 24 heavy (non-hydrogen) atoms. The predicted molar refractivity (Wildman–Crippen MR) is 97.6 cm³/mol. The zero-order chi connectivity index (χ0) is 16.2. The molecule has 2 aromatic rings. The molecule has 1 amide bonds. The fourth-order valence-electron chi connectivity index (χ4n) is 3.03. The van der Waals surface area contributed by atoms with Crippen molar-refractivity contribution in [3.05, 3.63) is 53.3 Å². The zero-order valence-corrected chi connectivity index (χ0v) is 15.1. The minimum absolute atomic E-state index is 0. The maximum atomic E-state index is 12.9. The van der Waals surface area contributed by atoms with Gasteiger partial charge in [-0.15, -0.1) is 12.4 Å². The van der Waals surface area contributed by atoms with Gasteiger partial charge in [-0.05, 0) is 24.5 Å². The van der Waals surface area contributed by atoms with Gasteiger partial charge in [0.15, 0.2) is 0 Å². The van der Waals surface area contributed by atoms with Gasteiger partial charge in [0.05, 0.1) is 17.8 Å². The van der Waals surface area contributed by atoms with Crippen molar-refractivity contribution in [1.29, 1.82) is 0 Å². The van der Waals surface area contributed by atoms with E-state index in [9.17, 15) is 4.79 Å². The van der Waals surface area contributed by atoms with Gasteiger partial charge in [0.1, 0.15) is 0 Å². The molecular formula is C18H25ClN4O. The molecule has 1 N–H and O–H groups in total. The molecule has 1 atom stereocenters. The van der Waals surface area contributed by atoms with Crippen LogP contribution in [-0.4, -0.2) is 40.2 Å². The Kier molecular flexibility index (Phi) is 6.40. The minimum atomic E-state index is 0. The highest BCUT2D eigenvalue weighted by Gasteiger charge is 2.29. The van der Waals surface area contributed by atoms with Gasteiger partial charge in [-0.25, -0.2) is 0 Å². The first-order chi connectivity index (χ1) is 11.2. The van der Waals surface area contributed by atoms with Crippen molar-refractivity contribution >= 4 is 18.3 Å². The van der Waals surface area contributed by atoms with Crippen molar-refractivity contribution in [2.45, 2.75) is 32.9 Å². The second-order valence-corrected chi connectivity index (χ2v) is 5.90. The quantitative estimate of drug-likeness (QED) is 0.924. The summed E-state index contributed by atoms with van der Waals surface area (Å²) in [4.78, 5) is 14.8. The summed E-state index contributed by atoms with van der Waals surface area (Å²) in [6, 6.07) is 8.68. The van der Waals surface area contributed by atoms with Crippen molar-refractivity contribution in [2.75, 3.05) is 19.6 Å². The number of hydrogen-bond donors (Lipinski definition) is 1. The maximum absolute atomic E-state index is 12.9. The smallest absolute Gasteiger partial charge is 0.257 e. The summed E-state index contributed by atoms with van der Waals surface area (Å²) in [5.41, 5.74) is 3.18. The van der Waals surface area contributed by atoms with Gasteiger partial charge >= 0.3 is 0 Å². The molecule has 130 valence electrons. The van der Waals surface area contributed by atoms with Gasteiger partial charge < -0.3 is 10.2 Å². The molecule has 1 aliphatic rings. The minimum Gasteiger partial charge on any atom is -0.329 e. The number of rotatable bonds is 4. The molecule has 0 aliphatic carbocycles. The van der Waals surface area contributed by atoms with Gasteiger partial charge in [0, 0.05) is 32.4 Å². The third kappa shape index (κ3) is 3.79. The highest BCUT2D eigenvalue weighted by molar-refractivity contribution is 5.94. The summed E-state index contributed by atoms with van der Waals surface area (Å²) in [6.45, 7) is 7.28. The lowest BCUT2D eigenvalue weighted by molar-refractivity contribution is 0.0634. The average molecular weight is 349 g/mol. The second kappa shape index (κ2) is 8.31. The summed E-state index contributed by atoms with van der Waals surface area (Å²) >= 11 is 0. The molecule has 0 spiro atoms. The van der Waals surface area contributed by atoms with Crippen LogP contribution in [0, 0.1) is 0 Å². The Bertz CT molecular complexity index is 668. The van der Waals surface area contributed by atoms with E-state index >= 15 is 0 Å². The van der Waals surface area contributed by atoms with Crippen LogP contribution < -0.4 is 5.32 Å². The van der Waals surface area contributed by atoms with Crippen molar-refractivity contribution in [1.82, 2.24) is 20.0 Å². The summed E-state index contributed by atoms with van der Waals surface area (Å²) in [7, 11) is 0. The van der Waals surface area contributed by atoms with Crippen molar-refractivity contribution in [3.63, 3.8) is 0 Å². The molecule has 0 saturated carbocycles. The molecule has 0 bridgehead atoms.